The van der Waals surface area contributed by atoms with Gasteiger partial charge in [0.2, 0.25) is 0 Å². The molecule has 1 saturated heterocycles. The third kappa shape index (κ3) is 3.97. The molecule has 84 valence electrons. The minimum atomic E-state index is 0.701. The molecule has 0 saturated carbocycles. The summed E-state index contributed by atoms with van der Waals surface area (Å²) >= 11 is 0. The molecule has 2 unspecified atom stereocenters. The summed E-state index contributed by atoms with van der Waals surface area (Å²) in [5, 5.41) is 3.58. The molecule has 2 nitrogen and oxygen atoms in total. The summed E-state index contributed by atoms with van der Waals surface area (Å²) in [5.41, 5.74) is 0. The predicted octanol–water partition coefficient (Wildman–Crippen LogP) is 2.44. The standard InChI is InChI=1S/C12H25NO/c1-4-13-12-7-8-14-9-11(12)6-5-10(2)3/h10-13H,4-9H2,1-3H3. The van der Waals surface area contributed by atoms with Gasteiger partial charge in [0.25, 0.3) is 0 Å². The van der Waals surface area contributed by atoms with E-state index in [1.807, 2.05) is 0 Å². The van der Waals surface area contributed by atoms with Gasteiger partial charge in [0.05, 0.1) is 6.61 Å². The largest absolute Gasteiger partial charge is 0.381 e. The first-order chi connectivity index (χ1) is 6.74. The van der Waals surface area contributed by atoms with Crippen LogP contribution in [0, 0.1) is 11.8 Å². The van der Waals surface area contributed by atoms with Gasteiger partial charge in [-0.1, -0.05) is 27.2 Å². The quantitative estimate of drug-likeness (QED) is 0.734. The molecule has 1 rings (SSSR count). The molecule has 14 heavy (non-hydrogen) atoms. The summed E-state index contributed by atoms with van der Waals surface area (Å²) in [5.74, 6) is 1.56. The first-order valence-corrected chi connectivity index (χ1v) is 6.05. The maximum absolute atomic E-state index is 5.55. The second-order valence-electron chi connectivity index (χ2n) is 4.76. The molecule has 0 radical (unpaired) electrons. The predicted molar refractivity (Wildman–Crippen MR) is 60.5 cm³/mol. The van der Waals surface area contributed by atoms with Gasteiger partial charge in [-0.25, -0.2) is 0 Å². The van der Waals surface area contributed by atoms with Gasteiger partial charge in [-0.15, -0.1) is 0 Å². The first-order valence-electron chi connectivity index (χ1n) is 6.05. The number of hydrogen-bond donors (Lipinski definition) is 1. The highest BCUT2D eigenvalue weighted by atomic mass is 16.5. The fourth-order valence-electron chi connectivity index (χ4n) is 2.16. The molecule has 2 heteroatoms. The Morgan fingerprint density at radius 1 is 1.43 bits per heavy atom. The normalized spacial score (nSPS) is 28.3. The molecule has 1 fully saturated rings. The lowest BCUT2D eigenvalue weighted by Crippen LogP contribution is -2.42. The zero-order valence-corrected chi connectivity index (χ0v) is 9.88. The van der Waals surface area contributed by atoms with E-state index in [0.29, 0.717) is 6.04 Å². The van der Waals surface area contributed by atoms with Crippen LogP contribution in [-0.2, 0) is 4.74 Å². The highest BCUT2D eigenvalue weighted by molar-refractivity contribution is 4.79. The molecule has 0 amide bonds. The average Bonchev–Trinajstić information content (AvgIpc) is 2.17. The van der Waals surface area contributed by atoms with E-state index in [1.54, 1.807) is 0 Å². The van der Waals surface area contributed by atoms with Crippen molar-refractivity contribution in [1.82, 2.24) is 5.32 Å². The van der Waals surface area contributed by atoms with Crippen molar-refractivity contribution in [1.29, 1.82) is 0 Å². The Morgan fingerprint density at radius 3 is 2.86 bits per heavy atom. The van der Waals surface area contributed by atoms with E-state index >= 15 is 0 Å². The van der Waals surface area contributed by atoms with Crippen LogP contribution in [0.25, 0.3) is 0 Å². The minimum absolute atomic E-state index is 0.701. The zero-order valence-electron chi connectivity index (χ0n) is 9.88. The van der Waals surface area contributed by atoms with Gasteiger partial charge in [-0.05, 0) is 31.2 Å². The van der Waals surface area contributed by atoms with Crippen LogP contribution >= 0.6 is 0 Å². The van der Waals surface area contributed by atoms with Crippen LogP contribution in [0.5, 0.6) is 0 Å². The van der Waals surface area contributed by atoms with Gasteiger partial charge < -0.3 is 10.1 Å². The maximum Gasteiger partial charge on any atom is 0.0509 e. The van der Waals surface area contributed by atoms with Crippen molar-refractivity contribution in [3.05, 3.63) is 0 Å². The highest BCUT2D eigenvalue weighted by Crippen LogP contribution is 2.21. The lowest BCUT2D eigenvalue weighted by Gasteiger charge is -2.32. The topological polar surface area (TPSA) is 21.3 Å². The molecule has 0 aromatic rings. The van der Waals surface area contributed by atoms with E-state index in [9.17, 15) is 0 Å². The summed E-state index contributed by atoms with van der Waals surface area (Å²) in [7, 11) is 0. The average molecular weight is 199 g/mol. The molecule has 2 atom stereocenters. The maximum atomic E-state index is 5.55. The van der Waals surface area contributed by atoms with E-state index < -0.39 is 0 Å². The fourth-order valence-corrected chi connectivity index (χ4v) is 2.16. The molecule has 0 aromatic carbocycles. The highest BCUT2D eigenvalue weighted by Gasteiger charge is 2.24. The summed E-state index contributed by atoms with van der Waals surface area (Å²) in [6, 6.07) is 0.701. The van der Waals surface area contributed by atoms with Crippen molar-refractivity contribution in [2.24, 2.45) is 11.8 Å². The van der Waals surface area contributed by atoms with Gasteiger partial charge in [0.15, 0.2) is 0 Å². The molecule has 0 aromatic heterocycles. The van der Waals surface area contributed by atoms with Crippen LogP contribution in [0.15, 0.2) is 0 Å². The third-order valence-electron chi connectivity index (χ3n) is 3.06. The molecule has 0 bridgehead atoms. The van der Waals surface area contributed by atoms with Crippen molar-refractivity contribution in [2.75, 3.05) is 19.8 Å². The van der Waals surface area contributed by atoms with Gasteiger partial charge in [0.1, 0.15) is 0 Å². The number of hydrogen-bond acceptors (Lipinski definition) is 2. The summed E-state index contributed by atoms with van der Waals surface area (Å²) in [6.07, 6.45) is 3.84. The smallest absolute Gasteiger partial charge is 0.0509 e. The lowest BCUT2D eigenvalue weighted by atomic mass is 9.89. The Hall–Kier alpha value is -0.0800. The van der Waals surface area contributed by atoms with Crippen LogP contribution in [0.4, 0.5) is 0 Å². The van der Waals surface area contributed by atoms with Crippen molar-refractivity contribution >= 4 is 0 Å². The van der Waals surface area contributed by atoms with Gasteiger partial charge in [-0.3, -0.25) is 0 Å². The summed E-state index contributed by atoms with van der Waals surface area (Å²) < 4.78 is 5.55. The second-order valence-corrected chi connectivity index (χ2v) is 4.76. The minimum Gasteiger partial charge on any atom is -0.381 e. The van der Waals surface area contributed by atoms with Crippen LogP contribution in [0.2, 0.25) is 0 Å². The van der Waals surface area contributed by atoms with Crippen molar-refractivity contribution in [3.63, 3.8) is 0 Å². The van der Waals surface area contributed by atoms with E-state index in [4.69, 9.17) is 4.74 Å². The number of nitrogens with one attached hydrogen (secondary N) is 1. The van der Waals surface area contributed by atoms with Crippen molar-refractivity contribution in [3.8, 4) is 0 Å². The fraction of sp³-hybridized carbons (Fsp3) is 1.00. The number of ether oxygens (including phenoxy) is 1. The third-order valence-corrected chi connectivity index (χ3v) is 3.06. The van der Waals surface area contributed by atoms with E-state index in [1.165, 1.54) is 19.3 Å². The second kappa shape index (κ2) is 6.41. The monoisotopic (exact) mass is 199 g/mol. The summed E-state index contributed by atoms with van der Waals surface area (Å²) in [6.45, 7) is 9.77. The van der Waals surface area contributed by atoms with E-state index in [0.717, 1.165) is 31.6 Å². The molecule has 0 aliphatic carbocycles. The van der Waals surface area contributed by atoms with E-state index in [-0.39, 0.29) is 0 Å². The van der Waals surface area contributed by atoms with Crippen LogP contribution in [-0.4, -0.2) is 25.8 Å². The van der Waals surface area contributed by atoms with Gasteiger partial charge in [-0.2, -0.15) is 0 Å². The van der Waals surface area contributed by atoms with Gasteiger partial charge >= 0.3 is 0 Å². The van der Waals surface area contributed by atoms with Crippen molar-refractivity contribution in [2.45, 2.75) is 46.1 Å². The van der Waals surface area contributed by atoms with Crippen LogP contribution < -0.4 is 5.32 Å². The Bertz CT molecular complexity index is 145. The zero-order chi connectivity index (χ0) is 10.4. The van der Waals surface area contributed by atoms with E-state index in [2.05, 4.69) is 26.1 Å². The van der Waals surface area contributed by atoms with Crippen LogP contribution in [0.3, 0.4) is 0 Å². The first kappa shape index (κ1) is 12.0. The molecule has 1 N–H and O–H groups in total. The van der Waals surface area contributed by atoms with Crippen molar-refractivity contribution < 1.29 is 4.74 Å². The van der Waals surface area contributed by atoms with Gasteiger partial charge in [0, 0.05) is 12.6 Å². The Kier molecular flexibility index (Phi) is 5.49. The Morgan fingerprint density at radius 2 is 2.21 bits per heavy atom. The summed E-state index contributed by atoms with van der Waals surface area (Å²) in [4.78, 5) is 0. The molecular formula is C12H25NO. The SMILES string of the molecule is CCNC1CCOCC1CCC(C)C. The molecule has 1 heterocycles. The molecule has 1 aliphatic rings. The Labute approximate surface area is 88.4 Å². The number of rotatable bonds is 5. The molecule has 0 spiro atoms. The molecular weight excluding hydrogens is 174 g/mol. The lowest BCUT2D eigenvalue weighted by molar-refractivity contribution is 0.0273. The molecule has 1 aliphatic heterocycles. The Balaban J connectivity index is 2.30. The van der Waals surface area contributed by atoms with Crippen LogP contribution in [0.1, 0.15) is 40.0 Å².